The Kier molecular flexibility index (Phi) is 18.6. The second kappa shape index (κ2) is 21.8. The highest BCUT2D eigenvalue weighted by Gasteiger charge is 2.40. The Morgan fingerprint density at radius 3 is 1.62 bits per heavy atom. The Balaban J connectivity index is 1.14. The van der Waals surface area contributed by atoms with Gasteiger partial charge in [0.1, 0.15) is 6.10 Å². The van der Waals surface area contributed by atoms with Crippen LogP contribution in [-0.4, -0.2) is 81.3 Å². The number of hydrogen-bond acceptors (Lipinski definition) is 8. The van der Waals surface area contributed by atoms with Gasteiger partial charge in [-0.05, 0) is 83.6 Å². The van der Waals surface area contributed by atoms with Gasteiger partial charge in [0.2, 0.25) is 0 Å². The lowest BCUT2D eigenvalue weighted by atomic mass is 9.98. The van der Waals surface area contributed by atoms with E-state index < -0.39 is 24.4 Å². The molecule has 0 amide bonds. The van der Waals surface area contributed by atoms with Gasteiger partial charge in [-0.25, -0.2) is 4.79 Å². The lowest BCUT2D eigenvalue weighted by Gasteiger charge is -2.24. The molecule has 262 valence electrons. The zero-order valence-electron chi connectivity index (χ0n) is 28.5. The van der Waals surface area contributed by atoms with E-state index in [1.807, 2.05) is 13.0 Å². The number of carbonyl (C=O) groups excluding carboxylic acids is 1. The third-order valence-corrected chi connectivity index (χ3v) is 10.2. The highest BCUT2D eigenvalue weighted by molar-refractivity contribution is 5.90. The van der Waals surface area contributed by atoms with Crippen molar-refractivity contribution < 1.29 is 39.4 Å². The second-order valence-corrected chi connectivity index (χ2v) is 14.2. The van der Waals surface area contributed by atoms with Crippen LogP contribution in [0.15, 0.2) is 11.6 Å². The molecule has 3 aliphatic rings. The summed E-state index contributed by atoms with van der Waals surface area (Å²) in [5.74, 6) is -0.129. The topological polar surface area (TPSA) is 126 Å². The van der Waals surface area contributed by atoms with Crippen molar-refractivity contribution in [2.45, 2.75) is 216 Å². The molecule has 0 aromatic rings. The molecule has 0 bridgehead atoms. The van der Waals surface area contributed by atoms with Gasteiger partial charge in [0.25, 0.3) is 0 Å². The van der Waals surface area contributed by atoms with Crippen LogP contribution in [0, 0.1) is 0 Å². The minimum atomic E-state index is -0.729. The second-order valence-electron chi connectivity index (χ2n) is 14.2. The van der Waals surface area contributed by atoms with Crippen molar-refractivity contribution in [1.29, 1.82) is 0 Å². The van der Waals surface area contributed by atoms with Crippen LogP contribution in [0.3, 0.4) is 0 Å². The molecule has 8 nitrogen and oxygen atoms in total. The Labute approximate surface area is 273 Å². The Morgan fingerprint density at radius 1 is 0.644 bits per heavy atom. The van der Waals surface area contributed by atoms with E-state index >= 15 is 0 Å². The standard InChI is InChI=1S/C37H66O8/c1-3-4-13-18-29(38)30(39)20-16-21-32(41)34-23-25-36(45-34)35-24-22-33(44-35)31(40)19-15-12-10-8-6-5-7-9-11-14-17-28-26-27(2)43-37(28)42/h26-27,29-36,38-41H,3-25H2,1-2H3/t27?,29-,30+,31+,32+,33+,34+,35+,36+/m0/s1. The normalized spacial score (nSPS) is 27.8. The lowest BCUT2D eigenvalue weighted by molar-refractivity contribution is -0.139. The van der Waals surface area contributed by atoms with E-state index in [1.54, 1.807) is 0 Å². The molecule has 45 heavy (non-hydrogen) atoms. The predicted octanol–water partition coefficient (Wildman–Crippen LogP) is 6.83. The molecule has 3 rings (SSSR count). The number of ether oxygens (including phenoxy) is 3. The lowest BCUT2D eigenvalue weighted by Crippen LogP contribution is -2.33. The maximum absolute atomic E-state index is 11.6. The summed E-state index contributed by atoms with van der Waals surface area (Å²) in [5.41, 5.74) is 0.857. The maximum atomic E-state index is 11.6. The molecule has 4 N–H and O–H groups in total. The number of carbonyl (C=O) groups is 1. The number of aliphatic hydroxyl groups is 4. The fourth-order valence-electron chi connectivity index (χ4n) is 7.29. The van der Waals surface area contributed by atoms with Crippen LogP contribution in [0.4, 0.5) is 0 Å². The third-order valence-electron chi connectivity index (χ3n) is 10.2. The quantitative estimate of drug-likeness (QED) is 0.0634. The fourth-order valence-corrected chi connectivity index (χ4v) is 7.29. The number of aliphatic hydroxyl groups excluding tert-OH is 4. The number of unbranched alkanes of at least 4 members (excludes halogenated alkanes) is 11. The fraction of sp³-hybridized carbons (Fsp3) is 0.919. The van der Waals surface area contributed by atoms with Crippen LogP contribution in [0.2, 0.25) is 0 Å². The van der Waals surface area contributed by atoms with E-state index in [1.165, 1.54) is 44.9 Å². The van der Waals surface area contributed by atoms with Crippen LogP contribution in [0.1, 0.15) is 162 Å². The van der Waals surface area contributed by atoms with Gasteiger partial charge in [0, 0.05) is 5.57 Å². The van der Waals surface area contributed by atoms with Crippen molar-refractivity contribution in [2.75, 3.05) is 0 Å². The van der Waals surface area contributed by atoms with Crippen LogP contribution < -0.4 is 0 Å². The summed E-state index contributed by atoms with van der Waals surface area (Å²) in [6.45, 7) is 4.03. The summed E-state index contributed by atoms with van der Waals surface area (Å²) in [6, 6.07) is 0. The summed E-state index contributed by atoms with van der Waals surface area (Å²) in [6.07, 6.45) is 21.5. The van der Waals surface area contributed by atoms with Gasteiger partial charge in [-0.1, -0.05) is 84.0 Å². The predicted molar refractivity (Wildman–Crippen MR) is 177 cm³/mol. The summed E-state index contributed by atoms with van der Waals surface area (Å²) in [4.78, 5) is 11.6. The van der Waals surface area contributed by atoms with E-state index in [2.05, 4.69) is 6.92 Å². The van der Waals surface area contributed by atoms with Crippen LogP contribution in [0.25, 0.3) is 0 Å². The van der Waals surface area contributed by atoms with Crippen molar-refractivity contribution in [1.82, 2.24) is 0 Å². The largest absolute Gasteiger partial charge is 0.455 e. The van der Waals surface area contributed by atoms with Crippen molar-refractivity contribution in [3.05, 3.63) is 11.6 Å². The zero-order valence-corrected chi connectivity index (χ0v) is 28.5. The van der Waals surface area contributed by atoms with Gasteiger partial charge < -0.3 is 34.6 Å². The smallest absolute Gasteiger partial charge is 0.334 e. The Hall–Kier alpha value is -1.03. The van der Waals surface area contributed by atoms with Gasteiger partial charge in [0.05, 0.1) is 48.8 Å². The molecule has 0 spiro atoms. The molecule has 9 atom stereocenters. The first kappa shape index (κ1) is 38.4. The maximum Gasteiger partial charge on any atom is 0.334 e. The molecule has 0 aliphatic carbocycles. The van der Waals surface area contributed by atoms with Gasteiger partial charge >= 0.3 is 5.97 Å². The van der Waals surface area contributed by atoms with E-state index in [-0.39, 0.29) is 36.5 Å². The number of cyclic esters (lactones) is 1. The Morgan fingerprint density at radius 2 is 1.11 bits per heavy atom. The number of esters is 1. The molecule has 2 fully saturated rings. The van der Waals surface area contributed by atoms with Gasteiger partial charge in [-0.2, -0.15) is 0 Å². The first-order valence-corrected chi connectivity index (χ1v) is 18.7. The monoisotopic (exact) mass is 638 g/mol. The molecule has 3 aliphatic heterocycles. The number of hydrogen-bond donors (Lipinski definition) is 4. The Bertz CT molecular complexity index is 833. The molecule has 0 aromatic heterocycles. The zero-order chi connectivity index (χ0) is 32.4. The van der Waals surface area contributed by atoms with E-state index in [0.29, 0.717) is 25.7 Å². The molecule has 2 saturated heterocycles. The molecular weight excluding hydrogens is 572 g/mol. The van der Waals surface area contributed by atoms with Crippen LogP contribution in [-0.2, 0) is 19.0 Å². The minimum Gasteiger partial charge on any atom is -0.455 e. The highest BCUT2D eigenvalue weighted by atomic mass is 16.6. The number of rotatable bonds is 25. The molecule has 8 heteroatoms. The van der Waals surface area contributed by atoms with Crippen LogP contribution >= 0.6 is 0 Å². The van der Waals surface area contributed by atoms with Gasteiger partial charge in [-0.15, -0.1) is 0 Å². The van der Waals surface area contributed by atoms with Crippen LogP contribution in [0.5, 0.6) is 0 Å². The first-order valence-electron chi connectivity index (χ1n) is 18.7. The van der Waals surface area contributed by atoms with Crippen molar-refractivity contribution in [3.8, 4) is 0 Å². The average Bonchev–Trinajstić information content (AvgIpc) is 3.77. The molecular formula is C37H66O8. The summed E-state index contributed by atoms with van der Waals surface area (Å²) in [7, 11) is 0. The van der Waals surface area contributed by atoms with Gasteiger partial charge in [-0.3, -0.25) is 0 Å². The molecule has 1 unspecified atom stereocenters. The third kappa shape index (κ3) is 14.3. The molecule has 0 radical (unpaired) electrons. The van der Waals surface area contributed by atoms with Gasteiger partial charge in [0.15, 0.2) is 0 Å². The molecule has 0 saturated carbocycles. The SMILES string of the molecule is CCCCC[C@H](O)[C@H](O)CCC[C@@H](O)[C@H]1CC[C@H]([C@H]2CC[C@H]([C@H](O)CCCCCCCCCCCCC3=CC(C)OC3=O)O2)O1. The molecule has 0 aromatic carbocycles. The molecule has 3 heterocycles. The summed E-state index contributed by atoms with van der Waals surface area (Å²) in [5, 5.41) is 41.8. The first-order chi connectivity index (χ1) is 21.8. The summed E-state index contributed by atoms with van der Waals surface area (Å²) >= 11 is 0. The van der Waals surface area contributed by atoms with Crippen molar-refractivity contribution >= 4 is 5.97 Å². The average molecular weight is 639 g/mol. The van der Waals surface area contributed by atoms with E-state index in [0.717, 1.165) is 82.6 Å². The van der Waals surface area contributed by atoms with E-state index in [9.17, 15) is 25.2 Å². The van der Waals surface area contributed by atoms with Crippen molar-refractivity contribution in [3.63, 3.8) is 0 Å². The van der Waals surface area contributed by atoms with E-state index in [4.69, 9.17) is 14.2 Å². The van der Waals surface area contributed by atoms with Crippen molar-refractivity contribution in [2.24, 2.45) is 0 Å². The minimum absolute atomic E-state index is 0.0121. The highest BCUT2D eigenvalue weighted by Crippen LogP contribution is 2.34. The summed E-state index contributed by atoms with van der Waals surface area (Å²) < 4.78 is 17.6.